The first-order valence-corrected chi connectivity index (χ1v) is 7.57. The molecule has 0 aliphatic heterocycles. The number of rotatable bonds is 7. The first-order chi connectivity index (χ1) is 10.3. The summed E-state index contributed by atoms with van der Waals surface area (Å²) in [5, 5.41) is 9.24. The molecule has 0 radical (unpaired) electrons. The van der Waals surface area contributed by atoms with Crippen LogP contribution in [0.1, 0.15) is 36.3 Å². The second kappa shape index (κ2) is 6.41. The van der Waals surface area contributed by atoms with E-state index in [1.54, 1.807) is 6.20 Å². The van der Waals surface area contributed by atoms with Gasteiger partial charge in [-0.25, -0.2) is 0 Å². The molecule has 2 aromatic rings. The molecule has 2 heterocycles. The molecule has 4 nitrogen and oxygen atoms in total. The maximum Gasteiger partial charge on any atom is 0.118 e. The van der Waals surface area contributed by atoms with Crippen molar-refractivity contribution in [3.8, 4) is 0 Å². The Morgan fingerprint density at radius 2 is 2.19 bits per heavy atom. The van der Waals surface area contributed by atoms with E-state index in [4.69, 9.17) is 4.42 Å². The fourth-order valence-corrected chi connectivity index (χ4v) is 2.72. The summed E-state index contributed by atoms with van der Waals surface area (Å²) in [5.41, 5.74) is 1.15. The Bertz CT molecular complexity index is 567. The van der Waals surface area contributed by atoms with Gasteiger partial charge in [0.25, 0.3) is 0 Å². The van der Waals surface area contributed by atoms with E-state index in [0.29, 0.717) is 12.5 Å². The lowest BCUT2D eigenvalue weighted by molar-refractivity contribution is 0.174. The minimum atomic E-state index is 0.146. The van der Waals surface area contributed by atoms with Crippen LogP contribution in [0.25, 0.3) is 0 Å². The molecule has 1 aliphatic carbocycles. The molecule has 0 amide bonds. The van der Waals surface area contributed by atoms with Crippen LogP contribution in [0.3, 0.4) is 0 Å². The van der Waals surface area contributed by atoms with Crippen molar-refractivity contribution in [3.05, 3.63) is 53.7 Å². The predicted octanol–water partition coefficient (Wildman–Crippen LogP) is 2.79. The van der Waals surface area contributed by atoms with Crippen LogP contribution in [0.2, 0.25) is 0 Å². The lowest BCUT2D eigenvalue weighted by Gasteiger charge is -2.19. The summed E-state index contributed by atoms with van der Waals surface area (Å²) in [7, 11) is 0. The predicted molar refractivity (Wildman–Crippen MR) is 80.7 cm³/mol. The van der Waals surface area contributed by atoms with Gasteiger partial charge in [0.1, 0.15) is 11.5 Å². The molecule has 1 fully saturated rings. The van der Waals surface area contributed by atoms with Crippen LogP contribution in [0.15, 0.2) is 41.1 Å². The molecular weight excluding hydrogens is 264 g/mol. The fourth-order valence-electron chi connectivity index (χ4n) is 2.72. The minimum Gasteiger partial charge on any atom is -0.464 e. The van der Waals surface area contributed by atoms with E-state index in [-0.39, 0.29) is 6.61 Å². The number of nitrogens with zero attached hydrogens (tertiary/aromatic N) is 2. The van der Waals surface area contributed by atoms with E-state index >= 15 is 0 Å². The molecule has 0 bridgehead atoms. The highest BCUT2D eigenvalue weighted by Crippen LogP contribution is 2.47. The van der Waals surface area contributed by atoms with Gasteiger partial charge in [0.15, 0.2) is 0 Å². The van der Waals surface area contributed by atoms with Gasteiger partial charge < -0.3 is 9.52 Å². The molecule has 0 spiro atoms. The quantitative estimate of drug-likeness (QED) is 0.850. The fraction of sp³-hybridized carbons (Fsp3) is 0.471. The summed E-state index contributed by atoms with van der Waals surface area (Å²) in [6, 6.07) is 8.15. The molecule has 0 saturated heterocycles. The average molecular weight is 286 g/mol. The third-order valence-corrected chi connectivity index (χ3v) is 4.08. The molecule has 1 N–H and O–H groups in total. The van der Waals surface area contributed by atoms with Gasteiger partial charge in [-0.2, -0.15) is 0 Å². The summed E-state index contributed by atoms with van der Waals surface area (Å²) in [4.78, 5) is 6.31. The molecule has 2 aromatic heterocycles. The van der Waals surface area contributed by atoms with Crippen molar-refractivity contribution in [1.82, 2.24) is 9.88 Å². The van der Waals surface area contributed by atoms with Crippen LogP contribution in [0, 0.1) is 5.92 Å². The summed E-state index contributed by atoms with van der Waals surface area (Å²) in [6.45, 7) is 4.52. The van der Waals surface area contributed by atoms with Crippen molar-refractivity contribution < 1.29 is 9.52 Å². The zero-order valence-electron chi connectivity index (χ0n) is 12.4. The lowest BCUT2D eigenvalue weighted by Crippen LogP contribution is -2.25. The average Bonchev–Trinajstić information content (AvgIpc) is 3.03. The summed E-state index contributed by atoms with van der Waals surface area (Å²) in [6.07, 6.45) is 4.88. The highest BCUT2D eigenvalue weighted by molar-refractivity contribution is 5.18. The summed E-state index contributed by atoms with van der Waals surface area (Å²) >= 11 is 0. The van der Waals surface area contributed by atoms with Crippen molar-refractivity contribution in [2.75, 3.05) is 13.2 Å². The van der Waals surface area contributed by atoms with E-state index in [1.807, 2.05) is 12.3 Å². The number of hydrogen-bond acceptors (Lipinski definition) is 4. The van der Waals surface area contributed by atoms with Crippen LogP contribution >= 0.6 is 0 Å². The van der Waals surface area contributed by atoms with Crippen LogP contribution in [0.4, 0.5) is 0 Å². The second-order valence-corrected chi connectivity index (χ2v) is 5.92. The Hall–Kier alpha value is -1.65. The number of hydrogen-bond donors (Lipinski definition) is 1. The Labute approximate surface area is 125 Å². The number of aliphatic hydroxyl groups is 1. The molecule has 3 rings (SSSR count). The van der Waals surface area contributed by atoms with Crippen molar-refractivity contribution >= 4 is 0 Å². The first kappa shape index (κ1) is 14.3. The van der Waals surface area contributed by atoms with E-state index in [0.717, 1.165) is 36.1 Å². The Balaban J connectivity index is 1.63. The Morgan fingerprint density at radius 3 is 2.86 bits per heavy atom. The van der Waals surface area contributed by atoms with E-state index in [1.165, 1.54) is 6.42 Å². The van der Waals surface area contributed by atoms with Gasteiger partial charge in [0, 0.05) is 31.4 Å². The molecule has 1 aliphatic rings. The molecular formula is C17H22N2O2. The smallest absolute Gasteiger partial charge is 0.118 e. The maximum atomic E-state index is 9.24. The first-order valence-electron chi connectivity index (χ1n) is 7.57. The third-order valence-electron chi connectivity index (χ3n) is 4.08. The normalized spacial score (nSPS) is 20.9. The lowest BCUT2D eigenvalue weighted by atomic mass is 10.2. The Morgan fingerprint density at radius 1 is 1.33 bits per heavy atom. The van der Waals surface area contributed by atoms with Gasteiger partial charge in [-0.05, 0) is 36.1 Å². The molecule has 0 aromatic carbocycles. The SMILES string of the molecule is CC1CC1c1ccc(CN(CCO)Cc2cccnc2)o1. The maximum absolute atomic E-state index is 9.24. The van der Waals surface area contributed by atoms with Gasteiger partial charge in [-0.3, -0.25) is 9.88 Å². The van der Waals surface area contributed by atoms with Crippen molar-refractivity contribution in [1.29, 1.82) is 0 Å². The van der Waals surface area contributed by atoms with Crippen molar-refractivity contribution in [3.63, 3.8) is 0 Å². The van der Waals surface area contributed by atoms with Crippen LogP contribution in [-0.2, 0) is 13.1 Å². The molecule has 2 unspecified atom stereocenters. The highest BCUT2D eigenvalue weighted by Gasteiger charge is 2.36. The zero-order valence-corrected chi connectivity index (χ0v) is 12.4. The molecule has 1 saturated carbocycles. The second-order valence-electron chi connectivity index (χ2n) is 5.92. The molecule has 2 atom stereocenters. The number of furan rings is 1. The number of pyridine rings is 1. The van der Waals surface area contributed by atoms with Gasteiger partial charge in [-0.1, -0.05) is 13.0 Å². The van der Waals surface area contributed by atoms with E-state index in [2.05, 4.69) is 35.0 Å². The topological polar surface area (TPSA) is 49.5 Å². The van der Waals surface area contributed by atoms with Crippen LogP contribution < -0.4 is 0 Å². The highest BCUT2D eigenvalue weighted by atomic mass is 16.3. The number of aliphatic hydroxyl groups excluding tert-OH is 1. The Kier molecular flexibility index (Phi) is 4.36. The van der Waals surface area contributed by atoms with Gasteiger partial charge in [-0.15, -0.1) is 0 Å². The number of aromatic nitrogens is 1. The van der Waals surface area contributed by atoms with E-state index in [9.17, 15) is 5.11 Å². The van der Waals surface area contributed by atoms with Crippen LogP contribution in [0.5, 0.6) is 0 Å². The van der Waals surface area contributed by atoms with Crippen molar-refractivity contribution in [2.45, 2.75) is 32.4 Å². The largest absolute Gasteiger partial charge is 0.464 e. The zero-order chi connectivity index (χ0) is 14.7. The van der Waals surface area contributed by atoms with Crippen LogP contribution in [-0.4, -0.2) is 28.1 Å². The van der Waals surface area contributed by atoms with Gasteiger partial charge >= 0.3 is 0 Å². The monoisotopic (exact) mass is 286 g/mol. The van der Waals surface area contributed by atoms with E-state index < -0.39 is 0 Å². The molecule has 4 heteroatoms. The van der Waals surface area contributed by atoms with Gasteiger partial charge in [0.05, 0.1) is 13.2 Å². The summed E-state index contributed by atoms with van der Waals surface area (Å²) < 4.78 is 5.95. The third kappa shape index (κ3) is 3.71. The molecule has 112 valence electrons. The summed E-state index contributed by atoms with van der Waals surface area (Å²) in [5.74, 6) is 3.46. The van der Waals surface area contributed by atoms with Gasteiger partial charge in [0.2, 0.25) is 0 Å². The van der Waals surface area contributed by atoms with Crippen molar-refractivity contribution in [2.24, 2.45) is 5.92 Å². The molecule has 21 heavy (non-hydrogen) atoms. The standard InChI is InChI=1S/C17H22N2O2/c1-13-9-16(13)17-5-4-15(21-17)12-19(7-8-20)11-14-3-2-6-18-10-14/h2-6,10,13,16,20H,7-9,11-12H2,1H3. The minimum absolute atomic E-state index is 0.146.